The van der Waals surface area contributed by atoms with Crippen LogP contribution in [0.2, 0.25) is 0 Å². The van der Waals surface area contributed by atoms with Gasteiger partial charge in [0.1, 0.15) is 12.4 Å². The first-order valence-corrected chi connectivity index (χ1v) is 7.33. The summed E-state index contributed by atoms with van der Waals surface area (Å²) < 4.78 is 18.6. The molecule has 0 spiro atoms. The van der Waals surface area contributed by atoms with Crippen LogP contribution in [0.4, 0.5) is 4.39 Å². The number of carbonyl (C=O) groups excluding carboxylic acids is 2. The van der Waals surface area contributed by atoms with Crippen molar-refractivity contribution >= 4 is 27.7 Å². The maximum Gasteiger partial charge on any atom is 0.255 e. The molecule has 0 unspecified atom stereocenters. The highest BCUT2D eigenvalue weighted by Crippen LogP contribution is 2.20. The van der Waals surface area contributed by atoms with Crippen LogP contribution in [0.1, 0.15) is 10.4 Å². The lowest BCUT2D eigenvalue weighted by Crippen LogP contribution is -2.51. The molecule has 5 nitrogen and oxygen atoms in total. The first-order chi connectivity index (χ1) is 10.0. The third-order valence-electron chi connectivity index (χ3n) is 3.35. The zero-order valence-corrected chi connectivity index (χ0v) is 13.2. The summed E-state index contributed by atoms with van der Waals surface area (Å²) in [5.41, 5.74) is 0.298. The van der Waals surface area contributed by atoms with Gasteiger partial charge in [-0.1, -0.05) is 0 Å². The summed E-state index contributed by atoms with van der Waals surface area (Å²) in [6.07, 6.45) is 0. The van der Waals surface area contributed by atoms with E-state index in [0.717, 1.165) is 0 Å². The fourth-order valence-corrected chi connectivity index (χ4v) is 2.62. The second kappa shape index (κ2) is 7.00. The van der Waals surface area contributed by atoms with Crippen molar-refractivity contribution in [1.29, 1.82) is 0 Å². The normalized spacial score (nSPS) is 15.2. The van der Waals surface area contributed by atoms with Gasteiger partial charge in [-0.15, -0.1) is 0 Å². The Balaban J connectivity index is 2.00. The highest BCUT2D eigenvalue weighted by Gasteiger charge is 2.25. The second-order valence-corrected chi connectivity index (χ2v) is 5.58. The van der Waals surface area contributed by atoms with Crippen molar-refractivity contribution in [1.82, 2.24) is 9.80 Å². The fourth-order valence-electron chi connectivity index (χ4n) is 2.21. The van der Waals surface area contributed by atoms with Gasteiger partial charge in [0.15, 0.2) is 0 Å². The molecule has 7 heteroatoms. The predicted molar refractivity (Wildman–Crippen MR) is 78.5 cm³/mol. The standard InChI is InChI=1S/C14H16BrFN2O3/c1-21-9-13(19)17-4-6-18(7-5-17)14(20)11-8-10(16)2-3-12(11)15/h2-3,8H,4-7,9H2,1H3. The number of carbonyl (C=O) groups is 2. The SMILES string of the molecule is COCC(=O)N1CCN(C(=O)c2cc(F)ccc2Br)CC1. The lowest BCUT2D eigenvalue weighted by Gasteiger charge is -2.34. The van der Waals surface area contributed by atoms with Gasteiger partial charge in [0.25, 0.3) is 5.91 Å². The minimum atomic E-state index is -0.449. The van der Waals surface area contributed by atoms with Gasteiger partial charge < -0.3 is 14.5 Å². The largest absolute Gasteiger partial charge is 0.375 e. The number of nitrogens with zero attached hydrogens (tertiary/aromatic N) is 2. The van der Waals surface area contributed by atoms with Gasteiger partial charge in [-0.2, -0.15) is 0 Å². The van der Waals surface area contributed by atoms with E-state index >= 15 is 0 Å². The van der Waals surface area contributed by atoms with E-state index in [0.29, 0.717) is 36.2 Å². The molecule has 1 aliphatic rings. The molecule has 0 saturated carbocycles. The summed E-state index contributed by atoms with van der Waals surface area (Å²) in [5, 5.41) is 0. The van der Waals surface area contributed by atoms with Gasteiger partial charge in [0, 0.05) is 37.8 Å². The van der Waals surface area contributed by atoms with Crippen LogP contribution < -0.4 is 0 Å². The molecule has 2 rings (SSSR count). The van der Waals surface area contributed by atoms with E-state index in [9.17, 15) is 14.0 Å². The van der Waals surface area contributed by atoms with Gasteiger partial charge in [0.2, 0.25) is 5.91 Å². The smallest absolute Gasteiger partial charge is 0.255 e. The van der Waals surface area contributed by atoms with Gasteiger partial charge in [-0.25, -0.2) is 4.39 Å². The highest BCUT2D eigenvalue weighted by molar-refractivity contribution is 9.10. The molecule has 2 amide bonds. The molecular formula is C14H16BrFN2O3. The molecule has 0 N–H and O–H groups in total. The third kappa shape index (κ3) is 3.79. The Morgan fingerprint density at radius 2 is 1.86 bits per heavy atom. The van der Waals surface area contributed by atoms with Gasteiger partial charge in [-0.05, 0) is 34.1 Å². The van der Waals surface area contributed by atoms with Crippen LogP contribution in [0, 0.1) is 5.82 Å². The number of rotatable bonds is 3. The molecule has 1 saturated heterocycles. The number of ether oxygens (including phenoxy) is 1. The number of hydrogen-bond acceptors (Lipinski definition) is 3. The highest BCUT2D eigenvalue weighted by atomic mass is 79.9. The Kier molecular flexibility index (Phi) is 5.30. The molecule has 114 valence electrons. The molecule has 0 aromatic heterocycles. The minimum absolute atomic E-state index is 0.0450. The van der Waals surface area contributed by atoms with Gasteiger partial charge >= 0.3 is 0 Å². The van der Waals surface area contributed by atoms with Crippen molar-refractivity contribution in [2.24, 2.45) is 0 Å². The Morgan fingerprint density at radius 1 is 1.24 bits per heavy atom. The number of piperazine rings is 1. The minimum Gasteiger partial charge on any atom is -0.375 e. The van der Waals surface area contributed by atoms with Crippen LogP contribution in [0.25, 0.3) is 0 Å². The van der Waals surface area contributed by atoms with E-state index in [4.69, 9.17) is 4.74 Å². The molecule has 1 aromatic carbocycles. The lowest BCUT2D eigenvalue weighted by molar-refractivity contribution is -0.136. The molecule has 21 heavy (non-hydrogen) atoms. The summed E-state index contributed by atoms with van der Waals surface area (Å²) >= 11 is 3.26. The van der Waals surface area contributed by atoms with E-state index in [1.807, 2.05) is 0 Å². The van der Waals surface area contributed by atoms with E-state index in [1.165, 1.54) is 25.3 Å². The monoisotopic (exact) mass is 358 g/mol. The summed E-state index contributed by atoms with van der Waals surface area (Å²) in [6, 6.07) is 4.03. The van der Waals surface area contributed by atoms with Crippen LogP contribution in [0.3, 0.4) is 0 Å². The van der Waals surface area contributed by atoms with Crippen molar-refractivity contribution in [2.45, 2.75) is 0 Å². The van der Waals surface area contributed by atoms with Crippen LogP contribution in [-0.2, 0) is 9.53 Å². The number of halogens is 2. The molecule has 0 radical (unpaired) electrons. The van der Waals surface area contributed by atoms with E-state index < -0.39 is 5.82 Å². The quantitative estimate of drug-likeness (QED) is 0.822. The van der Waals surface area contributed by atoms with Gasteiger partial charge in [0.05, 0.1) is 5.56 Å². The predicted octanol–water partition coefficient (Wildman–Crippen LogP) is 1.52. The Labute approximate surface area is 130 Å². The molecule has 1 heterocycles. The first kappa shape index (κ1) is 15.9. The van der Waals surface area contributed by atoms with Crippen LogP contribution in [0.5, 0.6) is 0 Å². The zero-order chi connectivity index (χ0) is 15.4. The second-order valence-electron chi connectivity index (χ2n) is 4.73. The average molecular weight is 359 g/mol. The fraction of sp³-hybridized carbons (Fsp3) is 0.429. The number of hydrogen-bond donors (Lipinski definition) is 0. The van der Waals surface area contributed by atoms with Gasteiger partial charge in [-0.3, -0.25) is 9.59 Å². The number of benzene rings is 1. The molecule has 1 fully saturated rings. The van der Waals surface area contributed by atoms with Crippen molar-refractivity contribution in [3.05, 3.63) is 34.1 Å². The lowest BCUT2D eigenvalue weighted by atomic mass is 10.1. The molecule has 1 aliphatic heterocycles. The molecular weight excluding hydrogens is 343 g/mol. The first-order valence-electron chi connectivity index (χ1n) is 6.54. The van der Waals surface area contributed by atoms with E-state index in [1.54, 1.807) is 9.80 Å². The van der Waals surface area contributed by atoms with Crippen LogP contribution in [0.15, 0.2) is 22.7 Å². The van der Waals surface area contributed by atoms with Crippen LogP contribution >= 0.6 is 15.9 Å². The summed E-state index contributed by atoms with van der Waals surface area (Å²) in [5.74, 6) is -0.771. The van der Waals surface area contributed by atoms with Crippen molar-refractivity contribution in [3.8, 4) is 0 Å². The Bertz CT molecular complexity index is 545. The van der Waals surface area contributed by atoms with Crippen molar-refractivity contribution in [2.75, 3.05) is 39.9 Å². The maximum absolute atomic E-state index is 13.3. The number of amides is 2. The summed E-state index contributed by atoms with van der Waals surface area (Å²) in [4.78, 5) is 27.3. The molecule has 1 aromatic rings. The molecule has 0 bridgehead atoms. The summed E-state index contributed by atoms with van der Waals surface area (Å²) in [7, 11) is 1.47. The summed E-state index contributed by atoms with van der Waals surface area (Å²) in [6.45, 7) is 1.82. The van der Waals surface area contributed by atoms with E-state index in [-0.39, 0.29) is 18.4 Å². The molecule has 0 atom stereocenters. The van der Waals surface area contributed by atoms with Crippen molar-refractivity contribution in [3.63, 3.8) is 0 Å². The van der Waals surface area contributed by atoms with Crippen LogP contribution in [-0.4, -0.2) is 61.5 Å². The van der Waals surface area contributed by atoms with E-state index in [2.05, 4.69) is 15.9 Å². The Hall–Kier alpha value is -1.47. The topological polar surface area (TPSA) is 49.9 Å². The Morgan fingerprint density at radius 3 is 2.48 bits per heavy atom. The third-order valence-corrected chi connectivity index (χ3v) is 4.04. The number of methoxy groups -OCH3 is 1. The zero-order valence-electron chi connectivity index (χ0n) is 11.6. The maximum atomic E-state index is 13.3. The average Bonchev–Trinajstić information content (AvgIpc) is 2.49. The molecule has 0 aliphatic carbocycles. The van der Waals surface area contributed by atoms with Crippen molar-refractivity contribution < 1.29 is 18.7 Å².